The van der Waals surface area contributed by atoms with Crippen molar-refractivity contribution >= 4 is 0 Å². The van der Waals surface area contributed by atoms with Crippen molar-refractivity contribution in [3.8, 4) is 5.75 Å². The molecule has 3 heteroatoms. The van der Waals surface area contributed by atoms with Crippen LogP contribution in [0, 0.1) is 0 Å². The van der Waals surface area contributed by atoms with E-state index in [9.17, 15) is 0 Å². The average Bonchev–Trinajstić information content (AvgIpc) is 2.53. The van der Waals surface area contributed by atoms with E-state index in [0.717, 1.165) is 18.3 Å². The molecule has 1 aliphatic heterocycles. The Morgan fingerprint density at radius 3 is 2.85 bits per heavy atom. The maximum atomic E-state index is 5.51. The van der Waals surface area contributed by atoms with Crippen LogP contribution in [0.25, 0.3) is 0 Å². The molecule has 0 aromatic heterocycles. The molecule has 1 N–H and O–H groups in total. The van der Waals surface area contributed by atoms with Crippen LogP contribution < -0.4 is 10.1 Å². The third-order valence-corrected chi connectivity index (χ3v) is 4.50. The molecule has 1 fully saturated rings. The van der Waals surface area contributed by atoms with Crippen LogP contribution in [-0.2, 0) is 0 Å². The predicted octanol–water partition coefficient (Wildman–Crippen LogP) is 3.22. The highest BCUT2D eigenvalue weighted by Crippen LogP contribution is 2.28. The monoisotopic (exact) mass is 276 g/mol. The number of piperidine rings is 1. The summed E-state index contributed by atoms with van der Waals surface area (Å²) in [4.78, 5) is 2.65. The maximum Gasteiger partial charge on any atom is 0.123 e. The maximum absolute atomic E-state index is 5.51. The minimum Gasteiger partial charge on any atom is -0.496 e. The molecular weight excluding hydrogens is 248 g/mol. The van der Waals surface area contributed by atoms with Gasteiger partial charge in [0, 0.05) is 24.2 Å². The Kier molecular flexibility index (Phi) is 5.86. The van der Waals surface area contributed by atoms with E-state index < -0.39 is 0 Å². The minimum absolute atomic E-state index is 0.332. The van der Waals surface area contributed by atoms with Gasteiger partial charge in [0.1, 0.15) is 5.75 Å². The summed E-state index contributed by atoms with van der Waals surface area (Å²) in [6, 6.07) is 9.42. The summed E-state index contributed by atoms with van der Waals surface area (Å²) < 4.78 is 5.51. The predicted molar refractivity (Wildman–Crippen MR) is 84.3 cm³/mol. The molecular formula is C17H28N2O. The van der Waals surface area contributed by atoms with Crippen molar-refractivity contribution in [2.45, 2.75) is 44.7 Å². The summed E-state index contributed by atoms with van der Waals surface area (Å²) in [5.41, 5.74) is 1.26. The Hall–Kier alpha value is -1.06. The summed E-state index contributed by atoms with van der Waals surface area (Å²) in [7, 11) is 3.79. The zero-order valence-corrected chi connectivity index (χ0v) is 13.1. The third-order valence-electron chi connectivity index (χ3n) is 4.50. The molecule has 0 aliphatic carbocycles. The molecule has 2 unspecified atom stereocenters. The van der Waals surface area contributed by atoms with Crippen LogP contribution in [0.5, 0.6) is 5.75 Å². The number of hydrogen-bond donors (Lipinski definition) is 1. The number of rotatable bonds is 6. The van der Waals surface area contributed by atoms with E-state index in [1.807, 2.05) is 19.2 Å². The van der Waals surface area contributed by atoms with Crippen molar-refractivity contribution < 1.29 is 4.74 Å². The standard InChI is InChI=1S/C17H28N2O/c1-4-14-9-7-8-12-19(14)13-16(18-2)15-10-5-6-11-17(15)20-3/h5-6,10-11,14,16,18H,4,7-9,12-13H2,1-3H3. The number of hydrogen-bond acceptors (Lipinski definition) is 3. The lowest BCUT2D eigenvalue weighted by Gasteiger charge is -2.37. The van der Waals surface area contributed by atoms with Crippen LogP contribution in [0.4, 0.5) is 0 Å². The first kappa shape index (κ1) is 15.3. The Labute approximate surface area is 123 Å². The van der Waals surface area contributed by atoms with Crippen LogP contribution in [0.3, 0.4) is 0 Å². The second kappa shape index (κ2) is 7.65. The smallest absolute Gasteiger partial charge is 0.123 e. The molecule has 0 radical (unpaired) electrons. The molecule has 3 nitrogen and oxygen atoms in total. The Balaban J connectivity index is 2.11. The molecule has 1 aromatic rings. The van der Waals surface area contributed by atoms with Gasteiger partial charge in [-0.05, 0) is 38.9 Å². The highest BCUT2D eigenvalue weighted by molar-refractivity contribution is 5.36. The van der Waals surface area contributed by atoms with Crippen molar-refractivity contribution in [1.29, 1.82) is 0 Å². The van der Waals surface area contributed by atoms with E-state index in [2.05, 4.69) is 29.3 Å². The molecule has 0 spiro atoms. The lowest BCUT2D eigenvalue weighted by Crippen LogP contribution is -2.43. The van der Waals surface area contributed by atoms with Gasteiger partial charge in [0.15, 0.2) is 0 Å². The number of benzene rings is 1. The van der Waals surface area contributed by atoms with Crippen molar-refractivity contribution in [1.82, 2.24) is 10.2 Å². The first-order chi connectivity index (χ1) is 9.80. The zero-order chi connectivity index (χ0) is 14.4. The van der Waals surface area contributed by atoms with Gasteiger partial charge in [-0.3, -0.25) is 4.90 Å². The Morgan fingerprint density at radius 2 is 2.15 bits per heavy atom. The van der Waals surface area contributed by atoms with E-state index in [-0.39, 0.29) is 0 Å². The van der Waals surface area contributed by atoms with Crippen LogP contribution >= 0.6 is 0 Å². The van der Waals surface area contributed by atoms with Gasteiger partial charge in [0.2, 0.25) is 0 Å². The Morgan fingerprint density at radius 1 is 1.35 bits per heavy atom. The van der Waals surface area contributed by atoms with E-state index in [4.69, 9.17) is 4.74 Å². The second-order valence-corrected chi connectivity index (χ2v) is 5.64. The molecule has 0 amide bonds. The quantitative estimate of drug-likeness (QED) is 0.863. The van der Waals surface area contributed by atoms with Crippen LogP contribution in [0.2, 0.25) is 0 Å². The van der Waals surface area contributed by atoms with Gasteiger partial charge in [-0.2, -0.15) is 0 Å². The van der Waals surface area contributed by atoms with E-state index in [1.54, 1.807) is 7.11 Å². The number of likely N-dealkylation sites (tertiary alicyclic amines) is 1. The first-order valence-electron chi connectivity index (χ1n) is 7.84. The fraction of sp³-hybridized carbons (Fsp3) is 0.647. The van der Waals surface area contributed by atoms with Crippen molar-refractivity contribution in [2.75, 3.05) is 27.2 Å². The summed E-state index contributed by atoms with van der Waals surface area (Å²) in [5.74, 6) is 0.983. The largest absolute Gasteiger partial charge is 0.496 e. The molecule has 112 valence electrons. The molecule has 2 atom stereocenters. The van der Waals surface area contributed by atoms with Gasteiger partial charge in [-0.1, -0.05) is 31.5 Å². The molecule has 2 rings (SSSR count). The fourth-order valence-electron chi connectivity index (χ4n) is 3.30. The van der Waals surface area contributed by atoms with Gasteiger partial charge in [-0.25, -0.2) is 0 Å². The Bertz CT molecular complexity index is 408. The second-order valence-electron chi connectivity index (χ2n) is 5.64. The number of para-hydroxylation sites is 1. The summed E-state index contributed by atoms with van der Waals surface area (Å²) in [6.07, 6.45) is 5.31. The fourth-order valence-corrected chi connectivity index (χ4v) is 3.30. The van der Waals surface area contributed by atoms with E-state index in [1.165, 1.54) is 37.8 Å². The number of likely N-dealkylation sites (N-methyl/N-ethyl adjacent to an activating group) is 1. The SMILES string of the molecule is CCC1CCCCN1CC(NC)c1ccccc1OC. The molecule has 1 heterocycles. The average molecular weight is 276 g/mol. The van der Waals surface area contributed by atoms with Gasteiger partial charge in [0.05, 0.1) is 7.11 Å². The van der Waals surface area contributed by atoms with Gasteiger partial charge in [0.25, 0.3) is 0 Å². The topological polar surface area (TPSA) is 24.5 Å². The molecule has 1 aromatic carbocycles. The van der Waals surface area contributed by atoms with Crippen LogP contribution in [0.15, 0.2) is 24.3 Å². The molecule has 0 saturated carbocycles. The van der Waals surface area contributed by atoms with Crippen LogP contribution in [0.1, 0.15) is 44.2 Å². The number of methoxy groups -OCH3 is 1. The number of ether oxygens (including phenoxy) is 1. The van der Waals surface area contributed by atoms with Crippen LogP contribution in [-0.4, -0.2) is 38.2 Å². The van der Waals surface area contributed by atoms with Gasteiger partial charge >= 0.3 is 0 Å². The van der Waals surface area contributed by atoms with Gasteiger partial charge < -0.3 is 10.1 Å². The highest BCUT2D eigenvalue weighted by Gasteiger charge is 2.24. The lowest BCUT2D eigenvalue weighted by molar-refractivity contribution is 0.130. The number of nitrogens with zero attached hydrogens (tertiary/aromatic N) is 1. The number of nitrogens with one attached hydrogen (secondary N) is 1. The van der Waals surface area contributed by atoms with Crippen molar-refractivity contribution in [3.63, 3.8) is 0 Å². The van der Waals surface area contributed by atoms with Crippen molar-refractivity contribution in [2.24, 2.45) is 0 Å². The highest BCUT2D eigenvalue weighted by atomic mass is 16.5. The van der Waals surface area contributed by atoms with Crippen molar-refractivity contribution in [3.05, 3.63) is 29.8 Å². The van der Waals surface area contributed by atoms with Gasteiger partial charge in [-0.15, -0.1) is 0 Å². The normalized spacial score (nSPS) is 21.6. The summed E-state index contributed by atoms with van der Waals surface area (Å²) in [5, 5.41) is 3.46. The molecule has 1 saturated heterocycles. The first-order valence-corrected chi connectivity index (χ1v) is 7.84. The zero-order valence-electron chi connectivity index (χ0n) is 13.1. The summed E-state index contributed by atoms with van der Waals surface area (Å²) >= 11 is 0. The molecule has 1 aliphatic rings. The third kappa shape index (κ3) is 3.53. The summed E-state index contributed by atoms with van der Waals surface area (Å²) in [6.45, 7) is 4.60. The van der Waals surface area contributed by atoms with E-state index >= 15 is 0 Å². The molecule has 20 heavy (non-hydrogen) atoms. The molecule has 0 bridgehead atoms. The minimum atomic E-state index is 0.332. The lowest BCUT2D eigenvalue weighted by atomic mass is 9.97. The van der Waals surface area contributed by atoms with E-state index in [0.29, 0.717) is 6.04 Å².